The van der Waals surface area contributed by atoms with Crippen molar-refractivity contribution in [2.24, 2.45) is 0 Å². The summed E-state index contributed by atoms with van der Waals surface area (Å²) in [4.78, 5) is 4.59. The largest absolute Gasteiger partial charge is 0.256 e. The van der Waals surface area contributed by atoms with Crippen molar-refractivity contribution in [3.63, 3.8) is 0 Å². The van der Waals surface area contributed by atoms with Crippen molar-refractivity contribution in [1.29, 1.82) is 0 Å². The Morgan fingerprint density at radius 1 is 1.06 bits per heavy atom. The van der Waals surface area contributed by atoms with Crippen molar-refractivity contribution in [2.75, 3.05) is 0 Å². The normalized spacial score (nSPS) is 13.0. The smallest absolute Gasteiger partial charge is 0.0707 e. The van der Waals surface area contributed by atoms with E-state index in [-0.39, 0.29) is 12.4 Å². The quantitative estimate of drug-likeness (QED) is 0.745. The molecule has 1 aliphatic carbocycles. The van der Waals surface area contributed by atoms with Crippen LogP contribution in [0, 0.1) is 13.8 Å². The lowest BCUT2D eigenvalue weighted by molar-refractivity contribution is 0.912. The highest BCUT2D eigenvalue weighted by Crippen LogP contribution is 2.31. The zero-order valence-electron chi connectivity index (χ0n) is 10.9. The molecule has 0 N–H and O–H groups in total. The SMILES string of the molecule is Cc1cnc(-c2cccc3c2CCC3)cc1C.Cl. The highest BCUT2D eigenvalue weighted by molar-refractivity contribution is 5.85. The first-order chi connectivity index (χ1) is 8.25. The Kier molecular flexibility index (Phi) is 3.72. The fraction of sp³-hybridized carbons (Fsp3) is 0.312. The van der Waals surface area contributed by atoms with E-state index in [1.807, 2.05) is 6.20 Å². The molecule has 1 aliphatic rings. The lowest BCUT2D eigenvalue weighted by Gasteiger charge is -2.09. The number of halogens is 1. The first kappa shape index (κ1) is 13.1. The van der Waals surface area contributed by atoms with E-state index in [9.17, 15) is 0 Å². The number of pyridine rings is 1. The second kappa shape index (κ2) is 5.11. The standard InChI is InChI=1S/C16H17N.ClH/c1-11-9-16(17-10-12(11)2)15-8-4-6-13-5-3-7-14(13)15;/h4,6,8-10H,3,5,7H2,1-2H3;1H. The van der Waals surface area contributed by atoms with Crippen LogP contribution in [0.25, 0.3) is 11.3 Å². The highest BCUT2D eigenvalue weighted by Gasteiger charge is 2.15. The molecule has 3 rings (SSSR count). The van der Waals surface area contributed by atoms with Gasteiger partial charge in [0.2, 0.25) is 0 Å². The molecule has 2 heteroatoms. The third-order valence-corrected chi connectivity index (χ3v) is 3.79. The van der Waals surface area contributed by atoms with Gasteiger partial charge in [-0.3, -0.25) is 4.98 Å². The van der Waals surface area contributed by atoms with Crippen LogP contribution >= 0.6 is 12.4 Å². The van der Waals surface area contributed by atoms with Crippen LogP contribution in [-0.2, 0) is 12.8 Å². The van der Waals surface area contributed by atoms with Gasteiger partial charge in [0.25, 0.3) is 0 Å². The summed E-state index contributed by atoms with van der Waals surface area (Å²) in [6.45, 7) is 4.27. The number of fused-ring (bicyclic) bond motifs is 1. The molecule has 18 heavy (non-hydrogen) atoms. The van der Waals surface area contributed by atoms with Crippen LogP contribution in [0.5, 0.6) is 0 Å². The fourth-order valence-corrected chi connectivity index (χ4v) is 2.63. The Balaban J connectivity index is 0.00000120. The molecule has 0 atom stereocenters. The maximum absolute atomic E-state index is 4.59. The van der Waals surface area contributed by atoms with Gasteiger partial charge in [-0.25, -0.2) is 0 Å². The Hall–Kier alpha value is -1.34. The van der Waals surface area contributed by atoms with Gasteiger partial charge in [-0.15, -0.1) is 12.4 Å². The minimum atomic E-state index is 0. The lowest BCUT2D eigenvalue weighted by Crippen LogP contribution is -1.93. The molecule has 1 heterocycles. The van der Waals surface area contributed by atoms with Crippen LogP contribution in [-0.4, -0.2) is 4.98 Å². The Labute approximate surface area is 115 Å². The predicted molar refractivity (Wildman–Crippen MR) is 78.4 cm³/mol. The second-order valence-electron chi connectivity index (χ2n) is 4.95. The van der Waals surface area contributed by atoms with Gasteiger partial charge in [0.1, 0.15) is 0 Å². The summed E-state index contributed by atoms with van der Waals surface area (Å²) in [6.07, 6.45) is 5.71. The monoisotopic (exact) mass is 259 g/mol. The molecule has 0 spiro atoms. The highest BCUT2D eigenvalue weighted by atomic mass is 35.5. The third-order valence-electron chi connectivity index (χ3n) is 3.79. The number of hydrogen-bond donors (Lipinski definition) is 0. The topological polar surface area (TPSA) is 12.9 Å². The van der Waals surface area contributed by atoms with E-state index in [1.54, 1.807) is 0 Å². The van der Waals surface area contributed by atoms with E-state index in [0.29, 0.717) is 0 Å². The zero-order valence-corrected chi connectivity index (χ0v) is 11.7. The third kappa shape index (κ3) is 2.15. The van der Waals surface area contributed by atoms with Crippen LogP contribution in [0.3, 0.4) is 0 Å². The minimum Gasteiger partial charge on any atom is -0.256 e. The summed E-state index contributed by atoms with van der Waals surface area (Å²) in [5.74, 6) is 0. The van der Waals surface area contributed by atoms with E-state index in [4.69, 9.17) is 0 Å². The molecule has 2 aromatic rings. The Bertz CT molecular complexity index is 575. The molecule has 0 fully saturated rings. The number of benzene rings is 1. The molecule has 0 bridgehead atoms. The summed E-state index contributed by atoms with van der Waals surface area (Å²) < 4.78 is 0. The van der Waals surface area contributed by atoms with Crippen molar-refractivity contribution >= 4 is 12.4 Å². The average molecular weight is 260 g/mol. The van der Waals surface area contributed by atoms with E-state index in [1.165, 1.54) is 47.1 Å². The van der Waals surface area contributed by atoms with Crippen LogP contribution in [0.4, 0.5) is 0 Å². The molecule has 1 aromatic heterocycles. The van der Waals surface area contributed by atoms with E-state index in [2.05, 4.69) is 43.1 Å². The van der Waals surface area contributed by atoms with Crippen LogP contribution < -0.4 is 0 Å². The molecule has 94 valence electrons. The van der Waals surface area contributed by atoms with Crippen LogP contribution in [0.2, 0.25) is 0 Å². The summed E-state index contributed by atoms with van der Waals surface area (Å²) in [5.41, 5.74) is 8.09. The van der Waals surface area contributed by atoms with Gasteiger partial charge in [0, 0.05) is 11.8 Å². The Morgan fingerprint density at radius 2 is 1.89 bits per heavy atom. The van der Waals surface area contributed by atoms with Gasteiger partial charge < -0.3 is 0 Å². The molecular formula is C16H18ClN. The number of aromatic nitrogens is 1. The van der Waals surface area contributed by atoms with Crippen molar-refractivity contribution < 1.29 is 0 Å². The summed E-state index contributed by atoms with van der Waals surface area (Å²) >= 11 is 0. The fourth-order valence-electron chi connectivity index (χ4n) is 2.63. The maximum atomic E-state index is 4.59. The molecular weight excluding hydrogens is 242 g/mol. The summed E-state index contributed by atoms with van der Waals surface area (Å²) in [5, 5.41) is 0. The average Bonchev–Trinajstić information content (AvgIpc) is 2.80. The van der Waals surface area contributed by atoms with Gasteiger partial charge in [-0.2, -0.15) is 0 Å². The van der Waals surface area contributed by atoms with E-state index < -0.39 is 0 Å². The van der Waals surface area contributed by atoms with Gasteiger partial charge in [-0.1, -0.05) is 18.2 Å². The first-order valence-electron chi connectivity index (χ1n) is 6.30. The molecule has 0 saturated carbocycles. The number of nitrogens with zero attached hydrogens (tertiary/aromatic N) is 1. The second-order valence-corrected chi connectivity index (χ2v) is 4.95. The molecule has 1 aromatic carbocycles. The van der Waals surface area contributed by atoms with E-state index >= 15 is 0 Å². The lowest BCUT2D eigenvalue weighted by atomic mass is 9.99. The number of rotatable bonds is 1. The zero-order chi connectivity index (χ0) is 11.8. The van der Waals surface area contributed by atoms with Crippen molar-refractivity contribution in [1.82, 2.24) is 4.98 Å². The van der Waals surface area contributed by atoms with Crippen molar-refractivity contribution in [3.8, 4) is 11.3 Å². The molecule has 0 radical (unpaired) electrons. The van der Waals surface area contributed by atoms with Gasteiger partial charge in [0.05, 0.1) is 5.69 Å². The van der Waals surface area contributed by atoms with Gasteiger partial charge in [0.15, 0.2) is 0 Å². The number of aryl methyl sites for hydroxylation is 3. The molecule has 0 saturated heterocycles. The van der Waals surface area contributed by atoms with Crippen molar-refractivity contribution in [2.45, 2.75) is 33.1 Å². The number of hydrogen-bond acceptors (Lipinski definition) is 1. The molecule has 0 unspecified atom stereocenters. The molecule has 0 amide bonds. The summed E-state index contributed by atoms with van der Waals surface area (Å²) in [7, 11) is 0. The summed E-state index contributed by atoms with van der Waals surface area (Å²) in [6, 6.07) is 8.84. The minimum absolute atomic E-state index is 0. The first-order valence-corrected chi connectivity index (χ1v) is 6.30. The van der Waals surface area contributed by atoms with Gasteiger partial charge in [-0.05, 0) is 61.4 Å². The van der Waals surface area contributed by atoms with Crippen LogP contribution in [0.15, 0.2) is 30.5 Å². The maximum Gasteiger partial charge on any atom is 0.0707 e. The van der Waals surface area contributed by atoms with Crippen molar-refractivity contribution in [3.05, 3.63) is 52.7 Å². The van der Waals surface area contributed by atoms with E-state index in [0.717, 1.165) is 5.69 Å². The Morgan fingerprint density at radius 3 is 2.67 bits per heavy atom. The predicted octanol–water partition coefficient (Wildman–Crippen LogP) is 4.28. The van der Waals surface area contributed by atoms with Crippen LogP contribution in [0.1, 0.15) is 28.7 Å². The molecule has 1 nitrogen and oxygen atoms in total. The molecule has 0 aliphatic heterocycles. The van der Waals surface area contributed by atoms with Gasteiger partial charge >= 0.3 is 0 Å².